The van der Waals surface area contributed by atoms with E-state index in [0.29, 0.717) is 6.04 Å². The molecule has 4 heteroatoms. The second-order valence-electron chi connectivity index (χ2n) is 3.79. The van der Waals surface area contributed by atoms with Gasteiger partial charge < -0.3 is 10.2 Å². The van der Waals surface area contributed by atoms with Crippen molar-refractivity contribution in [1.29, 1.82) is 0 Å². The van der Waals surface area contributed by atoms with Gasteiger partial charge in [0.15, 0.2) is 5.82 Å². The van der Waals surface area contributed by atoms with E-state index >= 15 is 0 Å². The molecule has 1 saturated heterocycles. The van der Waals surface area contributed by atoms with Crippen molar-refractivity contribution in [2.45, 2.75) is 19.4 Å². The van der Waals surface area contributed by atoms with E-state index in [1.165, 1.54) is 6.42 Å². The van der Waals surface area contributed by atoms with Crippen LogP contribution in [-0.2, 0) is 0 Å². The zero-order valence-corrected chi connectivity index (χ0v) is 8.70. The van der Waals surface area contributed by atoms with E-state index in [9.17, 15) is 0 Å². The highest BCUT2D eigenvalue weighted by atomic mass is 15.3. The molecule has 1 aliphatic rings. The van der Waals surface area contributed by atoms with Crippen LogP contribution in [0, 0.1) is 6.92 Å². The van der Waals surface area contributed by atoms with Crippen LogP contribution < -0.4 is 10.2 Å². The second kappa shape index (κ2) is 3.92. The molecule has 14 heavy (non-hydrogen) atoms. The monoisotopic (exact) mass is 192 g/mol. The van der Waals surface area contributed by atoms with Gasteiger partial charge in [0.25, 0.3) is 0 Å². The Hall–Kier alpha value is -1.16. The van der Waals surface area contributed by atoms with E-state index in [4.69, 9.17) is 0 Å². The first-order chi connectivity index (χ1) is 6.77. The van der Waals surface area contributed by atoms with E-state index in [1.54, 1.807) is 0 Å². The van der Waals surface area contributed by atoms with Crippen LogP contribution in [0.2, 0.25) is 0 Å². The van der Waals surface area contributed by atoms with Gasteiger partial charge in [0.05, 0.1) is 5.69 Å². The standard InChI is InChI=1S/C10H16N4/c1-8-3-4-10(13-12-8)14(2)9-5-6-11-7-9/h3-4,9,11H,5-7H2,1-2H3. The third-order valence-corrected chi connectivity index (χ3v) is 2.73. The Morgan fingerprint density at radius 1 is 1.43 bits per heavy atom. The maximum Gasteiger partial charge on any atom is 0.151 e. The maximum atomic E-state index is 4.17. The summed E-state index contributed by atoms with van der Waals surface area (Å²) in [5, 5.41) is 11.6. The second-order valence-corrected chi connectivity index (χ2v) is 3.79. The lowest BCUT2D eigenvalue weighted by Crippen LogP contribution is -2.34. The van der Waals surface area contributed by atoms with Crippen LogP contribution in [0.1, 0.15) is 12.1 Å². The first kappa shape index (κ1) is 9.40. The Morgan fingerprint density at radius 3 is 2.86 bits per heavy atom. The highest BCUT2D eigenvalue weighted by Crippen LogP contribution is 2.14. The van der Waals surface area contributed by atoms with Crippen LogP contribution in [0.15, 0.2) is 12.1 Å². The molecule has 0 aliphatic carbocycles. The maximum absolute atomic E-state index is 4.17. The molecule has 0 radical (unpaired) electrons. The molecule has 1 N–H and O–H groups in total. The minimum atomic E-state index is 0.562. The Labute approximate surface area is 84.3 Å². The summed E-state index contributed by atoms with van der Waals surface area (Å²) in [7, 11) is 2.08. The fourth-order valence-corrected chi connectivity index (χ4v) is 1.74. The molecule has 4 nitrogen and oxygen atoms in total. The molecule has 0 saturated carbocycles. The van der Waals surface area contributed by atoms with E-state index < -0.39 is 0 Å². The largest absolute Gasteiger partial charge is 0.354 e. The summed E-state index contributed by atoms with van der Waals surface area (Å²) in [6, 6.07) is 4.59. The van der Waals surface area contributed by atoms with Crippen molar-refractivity contribution in [2.24, 2.45) is 0 Å². The lowest BCUT2D eigenvalue weighted by atomic mass is 10.2. The third kappa shape index (κ3) is 1.85. The van der Waals surface area contributed by atoms with Crippen LogP contribution in [0.25, 0.3) is 0 Å². The number of rotatable bonds is 2. The molecular formula is C10H16N4. The third-order valence-electron chi connectivity index (χ3n) is 2.73. The first-order valence-electron chi connectivity index (χ1n) is 5.01. The Bertz CT molecular complexity index is 289. The van der Waals surface area contributed by atoms with Gasteiger partial charge in [0.2, 0.25) is 0 Å². The SMILES string of the molecule is Cc1ccc(N(C)C2CCNC2)nn1. The number of hydrogen-bond donors (Lipinski definition) is 1. The van der Waals surface area contributed by atoms with Crippen molar-refractivity contribution in [2.75, 3.05) is 25.0 Å². The number of nitrogens with zero attached hydrogens (tertiary/aromatic N) is 3. The molecule has 1 aliphatic heterocycles. The first-order valence-corrected chi connectivity index (χ1v) is 5.01. The highest BCUT2D eigenvalue weighted by molar-refractivity contribution is 5.37. The lowest BCUT2D eigenvalue weighted by molar-refractivity contribution is 0.671. The molecule has 1 fully saturated rings. The van der Waals surface area contributed by atoms with Crippen molar-refractivity contribution < 1.29 is 0 Å². The smallest absolute Gasteiger partial charge is 0.151 e. The molecule has 2 rings (SSSR count). The van der Waals surface area contributed by atoms with E-state index in [-0.39, 0.29) is 0 Å². The normalized spacial score (nSPS) is 21.1. The molecular weight excluding hydrogens is 176 g/mol. The van der Waals surface area contributed by atoms with Gasteiger partial charge in [-0.15, -0.1) is 5.10 Å². The molecule has 0 bridgehead atoms. The quantitative estimate of drug-likeness (QED) is 0.744. The fourth-order valence-electron chi connectivity index (χ4n) is 1.74. The Kier molecular flexibility index (Phi) is 2.63. The lowest BCUT2D eigenvalue weighted by Gasteiger charge is -2.24. The number of aryl methyl sites for hydroxylation is 1. The number of anilines is 1. The van der Waals surface area contributed by atoms with Crippen LogP contribution in [-0.4, -0.2) is 36.4 Å². The summed E-state index contributed by atoms with van der Waals surface area (Å²) in [5.41, 5.74) is 0.965. The molecule has 2 heterocycles. The number of nitrogens with one attached hydrogen (secondary N) is 1. The van der Waals surface area contributed by atoms with Crippen LogP contribution in [0.5, 0.6) is 0 Å². The van der Waals surface area contributed by atoms with Crippen molar-refractivity contribution >= 4 is 5.82 Å². The van der Waals surface area contributed by atoms with E-state index in [2.05, 4.69) is 27.5 Å². The Morgan fingerprint density at radius 2 is 2.29 bits per heavy atom. The van der Waals surface area contributed by atoms with Gasteiger partial charge in [-0.05, 0) is 32.0 Å². The zero-order valence-electron chi connectivity index (χ0n) is 8.70. The molecule has 76 valence electrons. The minimum absolute atomic E-state index is 0.562. The molecule has 0 spiro atoms. The van der Waals surface area contributed by atoms with E-state index in [0.717, 1.165) is 24.6 Å². The number of aromatic nitrogens is 2. The topological polar surface area (TPSA) is 41.0 Å². The summed E-state index contributed by atoms with van der Waals surface area (Å²) in [4.78, 5) is 2.20. The summed E-state index contributed by atoms with van der Waals surface area (Å²) in [6.45, 7) is 4.11. The van der Waals surface area contributed by atoms with Crippen LogP contribution in [0.4, 0.5) is 5.82 Å². The van der Waals surface area contributed by atoms with Crippen molar-refractivity contribution in [3.63, 3.8) is 0 Å². The number of likely N-dealkylation sites (N-methyl/N-ethyl adjacent to an activating group) is 1. The van der Waals surface area contributed by atoms with Gasteiger partial charge in [-0.2, -0.15) is 5.10 Å². The molecule has 1 aromatic rings. The predicted molar refractivity (Wildman–Crippen MR) is 56.4 cm³/mol. The van der Waals surface area contributed by atoms with Gasteiger partial charge >= 0.3 is 0 Å². The molecule has 1 unspecified atom stereocenters. The average molecular weight is 192 g/mol. The summed E-state index contributed by atoms with van der Waals surface area (Å²) in [5.74, 6) is 0.962. The Balaban J connectivity index is 2.09. The predicted octanol–water partition coefficient (Wildman–Crippen LogP) is 0.583. The summed E-state index contributed by atoms with van der Waals surface area (Å²) in [6.07, 6.45) is 1.19. The van der Waals surface area contributed by atoms with Crippen LogP contribution >= 0.6 is 0 Å². The van der Waals surface area contributed by atoms with Crippen molar-refractivity contribution in [1.82, 2.24) is 15.5 Å². The summed E-state index contributed by atoms with van der Waals surface area (Å²) < 4.78 is 0. The van der Waals surface area contributed by atoms with Gasteiger partial charge in [-0.25, -0.2) is 0 Å². The fraction of sp³-hybridized carbons (Fsp3) is 0.600. The van der Waals surface area contributed by atoms with Gasteiger partial charge in [0, 0.05) is 19.6 Å². The molecule has 1 atom stereocenters. The van der Waals surface area contributed by atoms with Gasteiger partial charge in [0.1, 0.15) is 0 Å². The molecule has 0 aromatic carbocycles. The zero-order chi connectivity index (χ0) is 9.97. The van der Waals surface area contributed by atoms with Crippen LogP contribution in [0.3, 0.4) is 0 Å². The van der Waals surface area contributed by atoms with Crippen molar-refractivity contribution in [3.8, 4) is 0 Å². The average Bonchev–Trinajstić information content (AvgIpc) is 2.71. The van der Waals surface area contributed by atoms with Gasteiger partial charge in [-0.1, -0.05) is 0 Å². The minimum Gasteiger partial charge on any atom is -0.354 e. The van der Waals surface area contributed by atoms with Crippen molar-refractivity contribution in [3.05, 3.63) is 17.8 Å². The summed E-state index contributed by atoms with van der Waals surface area (Å²) >= 11 is 0. The number of hydrogen-bond acceptors (Lipinski definition) is 4. The molecule has 1 aromatic heterocycles. The highest BCUT2D eigenvalue weighted by Gasteiger charge is 2.20. The van der Waals surface area contributed by atoms with E-state index in [1.807, 2.05) is 19.1 Å². The van der Waals surface area contributed by atoms with Gasteiger partial charge in [-0.3, -0.25) is 0 Å². The molecule has 0 amide bonds.